The quantitative estimate of drug-likeness (QED) is 0.220. The molecule has 0 spiro atoms. The number of aromatic nitrogens is 3. The standard InChI is InChI=1S/C27H26F3N5O5S/c1-4-31-26(40)34-22-8-15(24-33-21(12-41-24)27(28,29)30)17(9-32-22)14-5-6-19-16(7-14)23(37)18(25(38)39)10-35(19)20(11-36)13(2)3/h5-10,12-13,20,36H,4,11H2,1-3H3,(H,38,39)(H2,31,32,34,40)/t20-/m0/s1. The zero-order chi connectivity index (χ0) is 30.1. The van der Waals surface area contributed by atoms with Crippen molar-refractivity contribution in [1.82, 2.24) is 19.9 Å². The molecule has 14 heteroatoms. The van der Waals surface area contributed by atoms with E-state index < -0.39 is 40.9 Å². The maximum Gasteiger partial charge on any atom is 0.434 e. The molecule has 4 N–H and O–H groups in total. The van der Waals surface area contributed by atoms with Crippen LogP contribution < -0.4 is 16.1 Å². The van der Waals surface area contributed by atoms with Crippen LogP contribution in [-0.2, 0) is 6.18 Å². The fourth-order valence-corrected chi connectivity index (χ4v) is 5.21. The molecule has 2 amide bonds. The zero-order valence-corrected chi connectivity index (χ0v) is 22.9. The molecule has 1 atom stereocenters. The van der Waals surface area contributed by atoms with Gasteiger partial charge < -0.3 is 20.1 Å². The SMILES string of the molecule is CCNC(=O)Nc1cc(-c2nc(C(F)(F)F)cs2)c(-c2ccc3c(c2)c(=O)c(C(=O)O)cn3[C@@H](CO)C(C)C)cn1. The van der Waals surface area contributed by atoms with Crippen LogP contribution in [0.4, 0.5) is 23.8 Å². The van der Waals surface area contributed by atoms with Gasteiger partial charge in [0.05, 0.1) is 18.2 Å². The van der Waals surface area contributed by atoms with E-state index in [4.69, 9.17) is 0 Å². The summed E-state index contributed by atoms with van der Waals surface area (Å²) in [5, 5.41) is 25.7. The lowest BCUT2D eigenvalue weighted by atomic mass is 9.98. The Bertz CT molecular complexity index is 1680. The Kier molecular flexibility index (Phi) is 8.44. The van der Waals surface area contributed by atoms with Crippen molar-refractivity contribution in [1.29, 1.82) is 0 Å². The third-order valence-corrected chi connectivity index (χ3v) is 7.27. The van der Waals surface area contributed by atoms with Crippen LogP contribution in [0.3, 0.4) is 0 Å². The maximum absolute atomic E-state index is 13.4. The predicted octanol–water partition coefficient (Wildman–Crippen LogP) is 5.23. The van der Waals surface area contributed by atoms with Crippen LogP contribution in [0.5, 0.6) is 0 Å². The van der Waals surface area contributed by atoms with Gasteiger partial charge in [0.1, 0.15) is 16.4 Å². The van der Waals surface area contributed by atoms with Crippen LogP contribution in [0, 0.1) is 5.92 Å². The monoisotopic (exact) mass is 589 g/mol. The summed E-state index contributed by atoms with van der Waals surface area (Å²) in [6.45, 7) is 5.42. The van der Waals surface area contributed by atoms with Crippen molar-refractivity contribution >= 4 is 40.1 Å². The molecular formula is C27H26F3N5O5S. The average molecular weight is 590 g/mol. The molecule has 1 aromatic carbocycles. The lowest BCUT2D eigenvalue weighted by molar-refractivity contribution is -0.140. The summed E-state index contributed by atoms with van der Waals surface area (Å²) in [7, 11) is 0. The number of carboxylic acid groups (broad SMARTS) is 1. The second-order valence-electron chi connectivity index (χ2n) is 9.45. The minimum absolute atomic E-state index is 0.00868. The van der Waals surface area contributed by atoms with E-state index >= 15 is 0 Å². The summed E-state index contributed by atoms with van der Waals surface area (Å²) in [5.41, 5.74) is -1.12. The predicted molar refractivity (Wildman–Crippen MR) is 148 cm³/mol. The van der Waals surface area contributed by atoms with E-state index in [1.807, 2.05) is 13.8 Å². The molecule has 216 valence electrons. The van der Waals surface area contributed by atoms with Gasteiger partial charge >= 0.3 is 18.2 Å². The summed E-state index contributed by atoms with van der Waals surface area (Å²) in [5.74, 6) is -1.50. The molecule has 0 fully saturated rings. The lowest BCUT2D eigenvalue weighted by Gasteiger charge is -2.25. The molecule has 41 heavy (non-hydrogen) atoms. The number of aliphatic hydroxyl groups excluding tert-OH is 1. The number of carbonyl (C=O) groups excluding carboxylic acids is 1. The molecule has 10 nitrogen and oxygen atoms in total. The number of hydrogen-bond acceptors (Lipinski definition) is 7. The molecule has 0 saturated heterocycles. The van der Waals surface area contributed by atoms with Gasteiger partial charge in [0.25, 0.3) is 0 Å². The number of nitrogens with one attached hydrogen (secondary N) is 2. The van der Waals surface area contributed by atoms with Crippen LogP contribution >= 0.6 is 11.3 Å². The first-order chi connectivity index (χ1) is 19.3. The molecular weight excluding hydrogens is 563 g/mol. The Morgan fingerprint density at radius 2 is 1.90 bits per heavy atom. The number of pyridine rings is 2. The van der Waals surface area contributed by atoms with Crippen molar-refractivity contribution in [3.8, 4) is 21.7 Å². The van der Waals surface area contributed by atoms with Crippen molar-refractivity contribution in [3.05, 3.63) is 63.5 Å². The number of fused-ring (bicyclic) bond motifs is 1. The normalized spacial score (nSPS) is 12.5. The number of benzene rings is 1. The van der Waals surface area contributed by atoms with E-state index in [1.54, 1.807) is 23.6 Å². The van der Waals surface area contributed by atoms with Crippen molar-refractivity contribution in [2.75, 3.05) is 18.5 Å². The summed E-state index contributed by atoms with van der Waals surface area (Å²) < 4.78 is 41.6. The number of anilines is 1. The second-order valence-corrected chi connectivity index (χ2v) is 10.3. The van der Waals surface area contributed by atoms with E-state index in [0.29, 0.717) is 23.2 Å². The topological polar surface area (TPSA) is 146 Å². The van der Waals surface area contributed by atoms with Crippen molar-refractivity contribution in [3.63, 3.8) is 0 Å². The number of hydrogen-bond donors (Lipinski definition) is 4. The van der Waals surface area contributed by atoms with Gasteiger partial charge in [-0.2, -0.15) is 13.2 Å². The first-order valence-corrected chi connectivity index (χ1v) is 13.3. The highest BCUT2D eigenvalue weighted by Crippen LogP contribution is 2.39. The van der Waals surface area contributed by atoms with E-state index in [0.717, 1.165) is 16.7 Å². The minimum Gasteiger partial charge on any atom is -0.477 e. The van der Waals surface area contributed by atoms with Crippen LogP contribution in [0.1, 0.15) is 42.9 Å². The number of amides is 2. The number of rotatable bonds is 8. The summed E-state index contributed by atoms with van der Waals surface area (Å²) >= 11 is 0.743. The number of aromatic carboxylic acids is 1. The van der Waals surface area contributed by atoms with E-state index in [2.05, 4.69) is 20.6 Å². The molecule has 0 aliphatic heterocycles. The van der Waals surface area contributed by atoms with Crippen molar-refractivity contribution < 1.29 is 33.0 Å². The summed E-state index contributed by atoms with van der Waals surface area (Å²) in [6.07, 6.45) is -2.14. The molecule has 4 rings (SSSR count). The van der Waals surface area contributed by atoms with Gasteiger partial charge in [0.2, 0.25) is 5.43 Å². The Morgan fingerprint density at radius 1 is 1.17 bits per heavy atom. The van der Waals surface area contributed by atoms with E-state index in [-0.39, 0.29) is 34.3 Å². The third kappa shape index (κ3) is 6.07. The molecule has 3 aromatic heterocycles. The largest absolute Gasteiger partial charge is 0.477 e. The fourth-order valence-electron chi connectivity index (χ4n) is 4.35. The smallest absolute Gasteiger partial charge is 0.434 e. The van der Waals surface area contributed by atoms with Gasteiger partial charge in [-0.3, -0.25) is 10.1 Å². The first kappa shape index (κ1) is 29.7. The summed E-state index contributed by atoms with van der Waals surface area (Å²) in [4.78, 5) is 45.2. The Balaban J connectivity index is 1.96. The van der Waals surface area contributed by atoms with Crippen LogP contribution in [0.25, 0.3) is 32.6 Å². The molecule has 0 radical (unpaired) electrons. The Labute approximate surface area is 235 Å². The van der Waals surface area contributed by atoms with Gasteiger partial charge in [-0.15, -0.1) is 11.3 Å². The van der Waals surface area contributed by atoms with Crippen LogP contribution in [0.2, 0.25) is 0 Å². The number of halogens is 3. The highest BCUT2D eigenvalue weighted by atomic mass is 32.1. The Morgan fingerprint density at radius 3 is 2.49 bits per heavy atom. The maximum atomic E-state index is 13.4. The third-order valence-electron chi connectivity index (χ3n) is 6.40. The molecule has 0 bridgehead atoms. The first-order valence-electron chi connectivity index (χ1n) is 12.5. The number of carboxylic acids is 1. The molecule has 4 aromatic rings. The average Bonchev–Trinajstić information content (AvgIpc) is 3.41. The minimum atomic E-state index is -4.68. The van der Waals surface area contributed by atoms with Crippen molar-refractivity contribution in [2.24, 2.45) is 5.92 Å². The van der Waals surface area contributed by atoms with Gasteiger partial charge in [0, 0.05) is 40.8 Å². The number of nitrogens with zero attached hydrogens (tertiary/aromatic N) is 3. The molecule has 0 unspecified atom stereocenters. The van der Waals surface area contributed by atoms with Gasteiger partial charge in [-0.25, -0.2) is 19.6 Å². The highest BCUT2D eigenvalue weighted by Gasteiger charge is 2.34. The van der Waals surface area contributed by atoms with Crippen molar-refractivity contribution in [2.45, 2.75) is 33.0 Å². The van der Waals surface area contributed by atoms with Crippen LogP contribution in [-0.4, -0.2) is 49.9 Å². The number of aliphatic hydroxyl groups is 1. The molecule has 0 aliphatic carbocycles. The zero-order valence-electron chi connectivity index (χ0n) is 22.1. The Hall–Kier alpha value is -4.30. The molecule has 3 heterocycles. The van der Waals surface area contributed by atoms with Gasteiger partial charge in [0.15, 0.2) is 5.69 Å². The van der Waals surface area contributed by atoms with E-state index in [1.165, 1.54) is 24.5 Å². The highest BCUT2D eigenvalue weighted by molar-refractivity contribution is 7.13. The van der Waals surface area contributed by atoms with Gasteiger partial charge in [-0.05, 0) is 36.6 Å². The number of thiazole rings is 1. The lowest BCUT2D eigenvalue weighted by Crippen LogP contribution is -2.28. The van der Waals surface area contributed by atoms with Crippen LogP contribution in [0.15, 0.2) is 46.8 Å². The number of alkyl halides is 3. The second kappa shape index (κ2) is 11.7. The molecule has 0 aliphatic rings. The fraction of sp³-hybridized carbons (Fsp3) is 0.296. The molecule has 0 saturated carbocycles. The van der Waals surface area contributed by atoms with Gasteiger partial charge in [-0.1, -0.05) is 19.9 Å². The summed E-state index contributed by atoms with van der Waals surface area (Å²) in [6, 6.07) is 4.91. The number of urea groups is 1. The number of carbonyl (C=O) groups is 2. The van der Waals surface area contributed by atoms with E-state index in [9.17, 15) is 37.8 Å².